The molecule has 2 unspecified atom stereocenters. The van der Waals surface area contributed by atoms with Crippen molar-refractivity contribution >= 4 is 5.91 Å². The lowest BCUT2D eigenvalue weighted by molar-refractivity contribution is -0.129. The zero-order valence-electron chi connectivity index (χ0n) is 13.1. The molecule has 1 aromatic rings. The normalized spacial score (nSPS) is 31.4. The maximum Gasteiger partial charge on any atom is 0.223 e. The van der Waals surface area contributed by atoms with Crippen LogP contribution in [-0.4, -0.2) is 25.0 Å². The molecule has 0 bridgehead atoms. The summed E-state index contributed by atoms with van der Waals surface area (Å²) in [7, 11) is 2.01. The molecule has 0 spiro atoms. The van der Waals surface area contributed by atoms with Crippen molar-refractivity contribution in [1.82, 2.24) is 10.6 Å². The van der Waals surface area contributed by atoms with Crippen LogP contribution in [0.25, 0.3) is 0 Å². The Morgan fingerprint density at radius 3 is 2.18 bits per heavy atom. The third-order valence-corrected chi connectivity index (χ3v) is 5.39. The molecule has 2 aliphatic carbocycles. The van der Waals surface area contributed by atoms with Gasteiger partial charge < -0.3 is 10.6 Å². The van der Waals surface area contributed by atoms with Crippen LogP contribution in [0.1, 0.15) is 50.0 Å². The molecule has 0 heterocycles. The molecule has 3 rings (SSSR count). The van der Waals surface area contributed by atoms with Gasteiger partial charge >= 0.3 is 0 Å². The van der Waals surface area contributed by atoms with Crippen molar-refractivity contribution in [3.8, 4) is 0 Å². The number of carbonyl (C=O) groups excluding carboxylic acids is 1. The van der Waals surface area contributed by atoms with E-state index in [4.69, 9.17) is 0 Å². The van der Waals surface area contributed by atoms with Gasteiger partial charge in [0.2, 0.25) is 5.91 Å². The van der Waals surface area contributed by atoms with Gasteiger partial charge in [0, 0.05) is 18.0 Å². The number of halogens is 1. The Balaban J connectivity index is 1.53. The summed E-state index contributed by atoms with van der Waals surface area (Å²) in [6.07, 6.45) is 6.35. The third-order valence-electron chi connectivity index (χ3n) is 5.39. The minimum atomic E-state index is -0.217. The van der Waals surface area contributed by atoms with Crippen LogP contribution in [0.4, 0.5) is 4.39 Å². The predicted octanol–water partition coefficient (Wildman–Crippen LogP) is 2.97. The fraction of sp³-hybridized carbons (Fsp3) is 0.611. The summed E-state index contributed by atoms with van der Waals surface area (Å²) < 4.78 is 13.0. The van der Waals surface area contributed by atoms with E-state index in [0.29, 0.717) is 12.1 Å². The van der Waals surface area contributed by atoms with Crippen molar-refractivity contribution in [1.29, 1.82) is 0 Å². The fourth-order valence-electron chi connectivity index (χ4n) is 3.76. The van der Waals surface area contributed by atoms with Gasteiger partial charge in [-0.3, -0.25) is 4.79 Å². The number of nitrogens with one attached hydrogen (secondary N) is 2. The van der Waals surface area contributed by atoms with E-state index in [0.717, 1.165) is 44.1 Å². The number of hydrogen-bond acceptors (Lipinski definition) is 2. The minimum Gasteiger partial charge on any atom is -0.353 e. The smallest absolute Gasteiger partial charge is 0.223 e. The van der Waals surface area contributed by atoms with Crippen LogP contribution in [0.3, 0.4) is 0 Å². The highest BCUT2D eigenvalue weighted by molar-refractivity contribution is 5.81. The summed E-state index contributed by atoms with van der Waals surface area (Å²) in [6.45, 7) is 0. The largest absolute Gasteiger partial charge is 0.353 e. The maximum absolute atomic E-state index is 13.0. The molecule has 1 amide bonds. The second-order valence-corrected chi connectivity index (χ2v) is 6.69. The van der Waals surface area contributed by atoms with Crippen molar-refractivity contribution in [2.24, 2.45) is 5.92 Å². The van der Waals surface area contributed by atoms with Gasteiger partial charge in [0.05, 0.1) is 0 Å². The van der Waals surface area contributed by atoms with Gasteiger partial charge in [-0.2, -0.15) is 0 Å². The van der Waals surface area contributed by atoms with Gasteiger partial charge in [0.15, 0.2) is 0 Å². The van der Waals surface area contributed by atoms with Crippen molar-refractivity contribution in [2.45, 2.75) is 56.5 Å². The molecular formula is C18H25FN2O. The van der Waals surface area contributed by atoms with Crippen molar-refractivity contribution < 1.29 is 9.18 Å². The number of benzene rings is 1. The van der Waals surface area contributed by atoms with Crippen LogP contribution in [-0.2, 0) is 4.79 Å². The molecule has 2 atom stereocenters. The SMILES string of the molecule is CNC1CCC(NC(=O)C2CCC2c2ccc(F)cc2)CC1. The van der Waals surface area contributed by atoms with Gasteiger partial charge in [0.25, 0.3) is 0 Å². The number of hydrogen-bond donors (Lipinski definition) is 2. The predicted molar refractivity (Wildman–Crippen MR) is 85.1 cm³/mol. The average molecular weight is 304 g/mol. The molecule has 22 heavy (non-hydrogen) atoms. The Morgan fingerprint density at radius 1 is 1.00 bits per heavy atom. The molecule has 0 saturated heterocycles. The van der Waals surface area contributed by atoms with E-state index in [1.54, 1.807) is 0 Å². The third kappa shape index (κ3) is 3.32. The molecule has 2 N–H and O–H groups in total. The summed E-state index contributed by atoms with van der Waals surface area (Å²) >= 11 is 0. The lowest BCUT2D eigenvalue weighted by Crippen LogP contribution is -2.46. The highest BCUT2D eigenvalue weighted by atomic mass is 19.1. The summed E-state index contributed by atoms with van der Waals surface area (Å²) in [4.78, 5) is 12.5. The summed E-state index contributed by atoms with van der Waals surface area (Å²) in [5, 5.41) is 6.55. The lowest BCUT2D eigenvalue weighted by Gasteiger charge is -2.38. The van der Waals surface area contributed by atoms with E-state index >= 15 is 0 Å². The first-order chi connectivity index (χ1) is 10.7. The molecule has 3 nitrogen and oxygen atoms in total. The quantitative estimate of drug-likeness (QED) is 0.898. The molecule has 1 aromatic carbocycles. The standard InChI is InChI=1S/C18H25FN2O/c1-20-14-6-8-15(9-7-14)21-18(22)17-11-10-16(17)12-2-4-13(19)5-3-12/h2-5,14-17,20H,6-11H2,1H3,(H,21,22). The van der Waals surface area contributed by atoms with Crippen LogP contribution in [0.5, 0.6) is 0 Å². The molecule has 0 radical (unpaired) electrons. The van der Waals surface area contributed by atoms with E-state index in [1.807, 2.05) is 19.2 Å². The molecule has 120 valence electrons. The highest BCUT2D eigenvalue weighted by Crippen LogP contribution is 2.42. The number of amides is 1. The van der Waals surface area contributed by atoms with Gasteiger partial charge in [-0.25, -0.2) is 4.39 Å². The highest BCUT2D eigenvalue weighted by Gasteiger charge is 2.38. The second-order valence-electron chi connectivity index (χ2n) is 6.69. The zero-order valence-corrected chi connectivity index (χ0v) is 13.1. The summed E-state index contributed by atoms with van der Waals surface area (Å²) in [5.41, 5.74) is 1.09. The Morgan fingerprint density at radius 2 is 1.64 bits per heavy atom. The van der Waals surface area contributed by atoms with E-state index in [2.05, 4.69) is 10.6 Å². The molecule has 4 heteroatoms. The fourth-order valence-corrected chi connectivity index (χ4v) is 3.76. The topological polar surface area (TPSA) is 41.1 Å². The second kappa shape index (κ2) is 6.78. The first-order valence-electron chi connectivity index (χ1n) is 8.40. The molecule has 2 aliphatic rings. The first-order valence-corrected chi connectivity index (χ1v) is 8.40. The maximum atomic E-state index is 13.0. The van der Waals surface area contributed by atoms with Gasteiger partial charge in [-0.05, 0) is 69.2 Å². The van der Waals surface area contributed by atoms with Gasteiger partial charge in [-0.1, -0.05) is 12.1 Å². The molecular weight excluding hydrogens is 279 g/mol. The van der Waals surface area contributed by atoms with Gasteiger partial charge in [-0.15, -0.1) is 0 Å². The Hall–Kier alpha value is -1.42. The van der Waals surface area contributed by atoms with Crippen LogP contribution in [0.15, 0.2) is 24.3 Å². The zero-order chi connectivity index (χ0) is 15.5. The first kappa shape index (κ1) is 15.5. The monoisotopic (exact) mass is 304 g/mol. The lowest BCUT2D eigenvalue weighted by atomic mass is 9.69. The molecule has 0 aromatic heterocycles. The van der Waals surface area contributed by atoms with E-state index in [-0.39, 0.29) is 23.6 Å². The number of rotatable bonds is 4. The summed E-state index contributed by atoms with van der Waals surface area (Å²) in [6, 6.07) is 7.54. The minimum absolute atomic E-state index is 0.0625. The van der Waals surface area contributed by atoms with E-state index in [1.165, 1.54) is 12.1 Å². The Labute approximate surface area is 131 Å². The van der Waals surface area contributed by atoms with Crippen LogP contribution >= 0.6 is 0 Å². The van der Waals surface area contributed by atoms with Crippen molar-refractivity contribution in [3.63, 3.8) is 0 Å². The Bertz CT molecular complexity index is 508. The van der Waals surface area contributed by atoms with Gasteiger partial charge in [0.1, 0.15) is 5.82 Å². The molecule has 2 saturated carbocycles. The summed E-state index contributed by atoms with van der Waals surface area (Å²) in [5.74, 6) is 0.292. The number of carbonyl (C=O) groups is 1. The van der Waals surface area contributed by atoms with Crippen LogP contribution < -0.4 is 10.6 Å². The molecule has 0 aliphatic heterocycles. The van der Waals surface area contributed by atoms with E-state index in [9.17, 15) is 9.18 Å². The van der Waals surface area contributed by atoms with E-state index < -0.39 is 0 Å². The van der Waals surface area contributed by atoms with Crippen molar-refractivity contribution in [2.75, 3.05) is 7.05 Å². The van der Waals surface area contributed by atoms with Crippen LogP contribution in [0, 0.1) is 11.7 Å². The average Bonchev–Trinajstić information content (AvgIpc) is 2.49. The van der Waals surface area contributed by atoms with Crippen LogP contribution in [0.2, 0.25) is 0 Å². The van der Waals surface area contributed by atoms with Crippen molar-refractivity contribution in [3.05, 3.63) is 35.6 Å². The Kier molecular flexibility index (Phi) is 4.77. The molecule has 2 fully saturated rings.